The van der Waals surface area contributed by atoms with Crippen LogP contribution in [0.4, 0.5) is 5.69 Å². The Hall–Kier alpha value is -5.21. The van der Waals surface area contributed by atoms with Gasteiger partial charge in [-0.25, -0.2) is 14.6 Å². The summed E-state index contributed by atoms with van der Waals surface area (Å²) < 4.78 is 29.0. The number of halogens is 1. The first-order valence-corrected chi connectivity index (χ1v) is 15.5. The molecule has 0 spiro atoms. The Labute approximate surface area is 276 Å². The maximum absolute atomic E-state index is 14.0. The van der Waals surface area contributed by atoms with E-state index in [4.69, 9.17) is 30.2 Å². The number of esters is 2. The van der Waals surface area contributed by atoms with Gasteiger partial charge < -0.3 is 23.4 Å². The Balaban J connectivity index is 1.62. The van der Waals surface area contributed by atoms with E-state index in [1.165, 1.54) is 36.0 Å². The van der Waals surface area contributed by atoms with Gasteiger partial charge in [-0.3, -0.25) is 19.5 Å². The molecular weight excluding hydrogens is 654 g/mol. The molecule has 1 atom stereocenters. The van der Waals surface area contributed by atoms with E-state index in [0.717, 1.165) is 11.3 Å². The number of allylic oxidation sites excluding steroid dienone is 1. The summed E-state index contributed by atoms with van der Waals surface area (Å²) in [4.78, 5) is 54.7. The summed E-state index contributed by atoms with van der Waals surface area (Å²) in [5.74, 6) is -0.100. The van der Waals surface area contributed by atoms with Crippen molar-refractivity contribution < 1.29 is 37.9 Å². The minimum Gasteiger partial charge on any atom is -0.490 e. The van der Waals surface area contributed by atoms with Crippen LogP contribution in [0.3, 0.4) is 0 Å². The number of rotatable bonds is 11. The molecule has 4 aromatic rings. The van der Waals surface area contributed by atoms with Gasteiger partial charge >= 0.3 is 11.9 Å². The van der Waals surface area contributed by atoms with Gasteiger partial charge in [0.2, 0.25) is 0 Å². The molecule has 0 amide bonds. The standard InChI is InChI=1S/C32H28ClN3O10S/c1-5-43-25-13-18(7-11-24(25)45-16-27(37)42-4)29-28(31(39)44-6-2)17(3)34-32-35(29)30(38)26(47-32)15-20-9-12-23(46-20)21-14-19(36(40)41)8-10-22(21)33/h7-15,29H,5-6,16H2,1-4H3/b26-15-/t29-/m1/s1. The topological polar surface area (TPSA) is 162 Å². The van der Waals surface area contributed by atoms with Gasteiger partial charge in [0.15, 0.2) is 22.9 Å². The predicted molar refractivity (Wildman–Crippen MR) is 171 cm³/mol. The molecule has 3 heterocycles. The zero-order valence-electron chi connectivity index (χ0n) is 25.6. The highest BCUT2D eigenvalue weighted by Gasteiger charge is 2.34. The van der Waals surface area contributed by atoms with Crippen LogP contribution in [0.25, 0.3) is 17.4 Å². The third kappa shape index (κ3) is 6.83. The Bertz CT molecular complexity index is 2100. The first-order chi connectivity index (χ1) is 22.6. The van der Waals surface area contributed by atoms with Gasteiger partial charge in [-0.2, -0.15) is 0 Å². The quantitative estimate of drug-likeness (QED) is 0.125. The molecule has 2 aromatic heterocycles. The van der Waals surface area contributed by atoms with Crippen molar-refractivity contribution in [3.05, 3.63) is 106 Å². The lowest BCUT2D eigenvalue weighted by molar-refractivity contribution is -0.384. The lowest BCUT2D eigenvalue weighted by Crippen LogP contribution is -2.40. The lowest BCUT2D eigenvalue weighted by Gasteiger charge is -2.25. The van der Waals surface area contributed by atoms with Crippen molar-refractivity contribution in [1.29, 1.82) is 0 Å². The highest BCUT2D eigenvalue weighted by molar-refractivity contribution is 7.07. The summed E-state index contributed by atoms with van der Waals surface area (Å²) >= 11 is 7.38. The number of benzene rings is 2. The number of hydrogen-bond donors (Lipinski definition) is 0. The Morgan fingerprint density at radius 2 is 1.89 bits per heavy atom. The van der Waals surface area contributed by atoms with Crippen LogP contribution in [0.5, 0.6) is 11.5 Å². The minimum atomic E-state index is -0.947. The average molecular weight is 682 g/mol. The highest BCUT2D eigenvalue weighted by Crippen LogP contribution is 2.37. The van der Waals surface area contributed by atoms with Crippen LogP contribution in [-0.2, 0) is 19.1 Å². The number of non-ortho nitro benzene ring substituents is 1. The van der Waals surface area contributed by atoms with Gasteiger partial charge in [0.1, 0.15) is 11.5 Å². The van der Waals surface area contributed by atoms with Gasteiger partial charge in [-0.15, -0.1) is 0 Å². The summed E-state index contributed by atoms with van der Waals surface area (Å²) in [6.45, 7) is 5.15. The molecule has 0 saturated carbocycles. The number of fused-ring (bicyclic) bond motifs is 1. The molecule has 0 fully saturated rings. The fraction of sp³-hybridized carbons (Fsp3) is 0.250. The summed E-state index contributed by atoms with van der Waals surface area (Å²) in [5.41, 5.74) is 0.746. The van der Waals surface area contributed by atoms with Gasteiger partial charge in [-0.05, 0) is 56.7 Å². The van der Waals surface area contributed by atoms with E-state index in [2.05, 4.69) is 9.73 Å². The Morgan fingerprint density at radius 1 is 1.11 bits per heavy atom. The van der Waals surface area contributed by atoms with Gasteiger partial charge in [0, 0.05) is 23.8 Å². The second-order valence-corrected chi connectivity index (χ2v) is 11.3. The number of methoxy groups -OCH3 is 1. The molecule has 0 bridgehead atoms. The molecule has 1 aliphatic heterocycles. The molecule has 0 radical (unpaired) electrons. The second-order valence-electron chi connectivity index (χ2n) is 9.93. The zero-order chi connectivity index (χ0) is 33.8. The van der Waals surface area contributed by atoms with E-state index in [9.17, 15) is 24.5 Å². The molecule has 1 aliphatic rings. The van der Waals surface area contributed by atoms with Crippen LogP contribution in [0.2, 0.25) is 5.02 Å². The number of ether oxygens (including phenoxy) is 4. The van der Waals surface area contributed by atoms with Crippen molar-refractivity contribution in [1.82, 2.24) is 4.57 Å². The number of thiazole rings is 1. The summed E-state index contributed by atoms with van der Waals surface area (Å²) in [7, 11) is 1.25. The third-order valence-electron chi connectivity index (χ3n) is 7.00. The largest absolute Gasteiger partial charge is 0.490 e. The smallest absolute Gasteiger partial charge is 0.343 e. The number of aromatic nitrogens is 1. The SMILES string of the molecule is CCOC(=O)C1=C(C)N=c2s/c(=C\c3ccc(-c4cc([N+](=O)[O-])ccc4Cl)o3)c(=O)n2[C@@H]1c1ccc(OCC(=O)OC)c(OCC)c1. The van der Waals surface area contributed by atoms with Crippen molar-refractivity contribution in [3.63, 3.8) is 0 Å². The number of furan rings is 1. The van der Waals surface area contributed by atoms with Crippen LogP contribution in [-0.4, -0.2) is 48.4 Å². The number of carbonyl (C=O) groups is 2. The number of nitrogens with zero attached hydrogens (tertiary/aromatic N) is 3. The first-order valence-electron chi connectivity index (χ1n) is 14.3. The van der Waals surface area contributed by atoms with Crippen LogP contribution >= 0.6 is 22.9 Å². The maximum Gasteiger partial charge on any atom is 0.343 e. The molecule has 0 saturated heterocycles. The van der Waals surface area contributed by atoms with E-state index >= 15 is 0 Å². The van der Waals surface area contributed by atoms with Crippen LogP contribution in [0.15, 0.2) is 74.0 Å². The van der Waals surface area contributed by atoms with Crippen molar-refractivity contribution >= 4 is 46.6 Å². The fourth-order valence-corrected chi connectivity index (χ4v) is 6.14. The van der Waals surface area contributed by atoms with Crippen LogP contribution < -0.4 is 24.4 Å². The highest BCUT2D eigenvalue weighted by atomic mass is 35.5. The van der Waals surface area contributed by atoms with Crippen LogP contribution in [0.1, 0.15) is 38.1 Å². The molecule has 0 aliphatic carbocycles. The third-order valence-corrected chi connectivity index (χ3v) is 8.31. The summed E-state index contributed by atoms with van der Waals surface area (Å²) in [5, 5.41) is 11.5. The van der Waals surface area contributed by atoms with Crippen molar-refractivity contribution in [2.24, 2.45) is 4.99 Å². The molecule has 2 aromatic carbocycles. The average Bonchev–Trinajstić information content (AvgIpc) is 3.63. The summed E-state index contributed by atoms with van der Waals surface area (Å²) in [6, 6.07) is 11.1. The number of hydrogen-bond acceptors (Lipinski definition) is 12. The van der Waals surface area contributed by atoms with Crippen molar-refractivity contribution in [2.45, 2.75) is 26.8 Å². The zero-order valence-corrected chi connectivity index (χ0v) is 27.2. The van der Waals surface area contributed by atoms with E-state index in [-0.39, 0.29) is 63.7 Å². The molecular formula is C32H28ClN3O10S. The molecule has 5 rings (SSSR count). The number of nitro benzene ring substituents is 1. The first kappa shape index (κ1) is 33.2. The number of carbonyl (C=O) groups excluding carboxylic acids is 2. The van der Waals surface area contributed by atoms with E-state index < -0.39 is 28.5 Å². The monoisotopic (exact) mass is 681 g/mol. The molecule has 47 heavy (non-hydrogen) atoms. The normalized spacial score (nSPS) is 14.3. The van der Waals surface area contributed by atoms with Gasteiger partial charge in [0.25, 0.3) is 11.2 Å². The fourth-order valence-electron chi connectivity index (χ4n) is 4.90. The Kier molecular flexibility index (Phi) is 9.92. The molecule has 0 unspecified atom stereocenters. The second kappa shape index (κ2) is 14.1. The number of nitro groups is 1. The Morgan fingerprint density at radius 3 is 2.60 bits per heavy atom. The molecule has 244 valence electrons. The summed E-state index contributed by atoms with van der Waals surface area (Å²) in [6.07, 6.45) is 1.52. The predicted octanol–water partition coefficient (Wildman–Crippen LogP) is 4.57. The van der Waals surface area contributed by atoms with E-state index in [1.807, 2.05) is 0 Å². The van der Waals surface area contributed by atoms with Gasteiger partial charge in [0.05, 0.1) is 52.1 Å². The van der Waals surface area contributed by atoms with Crippen molar-refractivity contribution in [2.75, 3.05) is 26.9 Å². The molecule has 13 nitrogen and oxygen atoms in total. The minimum absolute atomic E-state index is 0.104. The van der Waals surface area contributed by atoms with E-state index in [1.54, 1.807) is 51.1 Å². The molecule has 15 heteroatoms. The van der Waals surface area contributed by atoms with Crippen LogP contribution in [0, 0.1) is 10.1 Å². The van der Waals surface area contributed by atoms with Gasteiger partial charge in [-0.1, -0.05) is 29.0 Å². The van der Waals surface area contributed by atoms with E-state index in [0.29, 0.717) is 21.6 Å². The van der Waals surface area contributed by atoms with Crippen molar-refractivity contribution in [3.8, 4) is 22.8 Å². The molecule has 0 N–H and O–H groups in total. The lowest BCUT2D eigenvalue weighted by atomic mass is 9.95. The maximum atomic E-state index is 14.0.